The Bertz CT molecular complexity index is 748. The molecule has 2 unspecified atom stereocenters. The molecule has 0 bridgehead atoms. The van der Waals surface area contributed by atoms with Crippen molar-refractivity contribution in [2.45, 2.75) is 11.8 Å². The van der Waals surface area contributed by atoms with Crippen LogP contribution in [0.15, 0.2) is 66.7 Å². The van der Waals surface area contributed by atoms with Gasteiger partial charge in [0.1, 0.15) is 0 Å². The highest BCUT2D eigenvalue weighted by Crippen LogP contribution is 2.55. The summed E-state index contributed by atoms with van der Waals surface area (Å²) in [6.07, 6.45) is 2.73. The zero-order valence-corrected chi connectivity index (χ0v) is 11.5. The Morgan fingerprint density at radius 2 is 1.62 bits per heavy atom. The van der Waals surface area contributed by atoms with E-state index in [1.165, 1.54) is 0 Å². The third kappa shape index (κ3) is 2.33. The van der Waals surface area contributed by atoms with Gasteiger partial charge in [0.05, 0.1) is 23.1 Å². The van der Waals surface area contributed by atoms with Crippen LogP contribution in [0.4, 0.5) is 0 Å². The lowest BCUT2D eigenvalue weighted by Crippen LogP contribution is -2.05. The van der Waals surface area contributed by atoms with Crippen molar-refractivity contribution >= 4 is 5.57 Å². The summed E-state index contributed by atoms with van der Waals surface area (Å²) in [7, 11) is 0. The summed E-state index contributed by atoms with van der Waals surface area (Å²) in [6, 6.07) is 24.2. The number of hydrogen-bond donors (Lipinski definition) is 0. The Labute approximate surface area is 124 Å². The molecule has 2 aromatic rings. The summed E-state index contributed by atoms with van der Waals surface area (Å²) >= 11 is 0. The minimum absolute atomic E-state index is 0.111. The molecular weight excluding hydrogens is 256 g/mol. The van der Waals surface area contributed by atoms with Crippen molar-refractivity contribution in [3.63, 3.8) is 0 Å². The molecule has 2 heteroatoms. The second kappa shape index (κ2) is 5.27. The fourth-order valence-electron chi connectivity index (χ4n) is 2.77. The molecular formula is C19H14N2. The molecule has 0 heterocycles. The van der Waals surface area contributed by atoms with Crippen LogP contribution in [0.25, 0.3) is 5.57 Å². The quantitative estimate of drug-likeness (QED) is 0.789. The summed E-state index contributed by atoms with van der Waals surface area (Å²) in [6.45, 7) is 0. The van der Waals surface area contributed by atoms with Crippen LogP contribution in [0.5, 0.6) is 0 Å². The normalized spacial score (nSPS) is 23.9. The molecule has 0 amide bonds. The van der Waals surface area contributed by atoms with E-state index in [9.17, 15) is 10.5 Å². The molecule has 0 saturated heterocycles. The summed E-state index contributed by atoms with van der Waals surface area (Å²) in [4.78, 5) is 0. The van der Waals surface area contributed by atoms with Gasteiger partial charge in [-0.25, -0.2) is 0 Å². The third-order valence-corrected chi connectivity index (χ3v) is 4.08. The van der Waals surface area contributed by atoms with E-state index in [0.29, 0.717) is 5.57 Å². The maximum Gasteiger partial charge on any atom is 0.0994 e. The summed E-state index contributed by atoms with van der Waals surface area (Å²) in [5.41, 5.74) is 2.14. The molecule has 21 heavy (non-hydrogen) atoms. The van der Waals surface area contributed by atoms with Gasteiger partial charge in [0.15, 0.2) is 0 Å². The van der Waals surface area contributed by atoms with E-state index in [1.54, 1.807) is 0 Å². The lowest BCUT2D eigenvalue weighted by molar-refractivity contribution is 0.843. The van der Waals surface area contributed by atoms with Crippen LogP contribution in [0.1, 0.15) is 17.5 Å². The summed E-state index contributed by atoms with van der Waals surface area (Å²) in [5.74, 6) is 0.111. The number of nitriles is 2. The minimum atomic E-state index is -0.460. The maximum atomic E-state index is 9.57. The van der Waals surface area contributed by atoms with Gasteiger partial charge in [0, 0.05) is 5.92 Å². The molecule has 0 aromatic heterocycles. The van der Waals surface area contributed by atoms with Crippen molar-refractivity contribution in [3.05, 3.63) is 77.9 Å². The molecule has 3 rings (SSSR count). The number of rotatable bonds is 3. The number of nitrogens with zero attached hydrogens (tertiary/aromatic N) is 2. The molecule has 0 aliphatic heterocycles. The molecule has 100 valence electrons. The largest absolute Gasteiger partial charge is 0.197 e. The van der Waals surface area contributed by atoms with Crippen LogP contribution < -0.4 is 0 Å². The average molecular weight is 270 g/mol. The third-order valence-electron chi connectivity index (χ3n) is 4.08. The van der Waals surface area contributed by atoms with E-state index in [-0.39, 0.29) is 5.92 Å². The van der Waals surface area contributed by atoms with Crippen molar-refractivity contribution < 1.29 is 0 Å². The van der Waals surface area contributed by atoms with Gasteiger partial charge >= 0.3 is 0 Å². The number of hydrogen-bond acceptors (Lipinski definition) is 2. The molecule has 1 aliphatic rings. The van der Waals surface area contributed by atoms with Crippen LogP contribution in [-0.4, -0.2) is 0 Å². The molecule has 0 N–H and O–H groups in total. The standard InChI is InChI=1S/C19H14N2/c20-13-16(15-7-3-1-4-8-15)11-18-12-19(18,14-21)17-9-5-2-6-10-17/h1-11,18H,12H2/b16-11+. The van der Waals surface area contributed by atoms with Crippen LogP contribution in [0, 0.1) is 28.6 Å². The summed E-state index contributed by atoms with van der Waals surface area (Å²) < 4.78 is 0. The Hall–Kier alpha value is -2.84. The van der Waals surface area contributed by atoms with Gasteiger partial charge < -0.3 is 0 Å². The van der Waals surface area contributed by atoms with Gasteiger partial charge in [-0.2, -0.15) is 10.5 Å². The Morgan fingerprint density at radius 3 is 2.19 bits per heavy atom. The van der Waals surface area contributed by atoms with Gasteiger partial charge in [-0.3, -0.25) is 0 Å². The maximum absolute atomic E-state index is 9.57. The Kier molecular flexibility index (Phi) is 3.30. The van der Waals surface area contributed by atoms with E-state index in [2.05, 4.69) is 12.1 Å². The van der Waals surface area contributed by atoms with E-state index in [1.807, 2.05) is 66.7 Å². The molecule has 0 spiro atoms. The molecule has 1 fully saturated rings. The van der Waals surface area contributed by atoms with E-state index in [4.69, 9.17) is 0 Å². The highest BCUT2D eigenvalue weighted by atomic mass is 14.6. The molecule has 0 radical (unpaired) electrons. The van der Waals surface area contributed by atoms with Crippen molar-refractivity contribution in [1.82, 2.24) is 0 Å². The van der Waals surface area contributed by atoms with Crippen molar-refractivity contribution in [1.29, 1.82) is 10.5 Å². The summed E-state index contributed by atoms with van der Waals surface area (Å²) in [5, 5.41) is 18.9. The Morgan fingerprint density at radius 1 is 1.00 bits per heavy atom. The minimum Gasteiger partial charge on any atom is -0.197 e. The van der Waals surface area contributed by atoms with E-state index >= 15 is 0 Å². The first-order chi connectivity index (χ1) is 10.3. The monoisotopic (exact) mass is 270 g/mol. The second-order valence-corrected chi connectivity index (χ2v) is 5.32. The molecule has 1 saturated carbocycles. The van der Waals surface area contributed by atoms with Crippen LogP contribution in [0.3, 0.4) is 0 Å². The van der Waals surface area contributed by atoms with Gasteiger partial charge in [0.2, 0.25) is 0 Å². The number of allylic oxidation sites excluding steroid dienone is 2. The first-order valence-electron chi connectivity index (χ1n) is 6.94. The van der Waals surface area contributed by atoms with Gasteiger partial charge in [0.25, 0.3) is 0 Å². The molecule has 1 aliphatic carbocycles. The van der Waals surface area contributed by atoms with Crippen LogP contribution in [-0.2, 0) is 5.41 Å². The molecule has 2 atom stereocenters. The van der Waals surface area contributed by atoms with E-state index < -0.39 is 5.41 Å². The highest BCUT2D eigenvalue weighted by molar-refractivity contribution is 5.77. The van der Waals surface area contributed by atoms with Crippen molar-refractivity contribution in [2.24, 2.45) is 5.92 Å². The second-order valence-electron chi connectivity index (χ2n) is 5.32. The van der Waals surface area contributed by atoms with E-state index in [0.717, 1.165) is 17.5 Å². The first kappa shape index (κ1) is 13.2. The van der Waals surface area contributed by atoms with Crippen LogP contribution in [0.2, 0.25) is 0 Å². The zero-order chi connectivity index (χ0) is 14.7. The lowest BCUT2D eigenvalue weighted by atomic mass is 9.93. The lowest BCUT2D eigenvalue weighted by Gasteiger charge is -2.07. The fourth-order valence-corrected chi connectivity index (χ4v) is 2.77. The van der Waals surface area contributed by atoms with Gasteiger partial charge in [-0.1, -0.05) is 66.7 Å². The topological polar surface area (TPSA) is 47.6 Å². The predicted molar refractivity (Wildman–Crippen MR) is 81.9 cm³/mol. The SMILES string of the molecule is N#C/C(=C\C1CC1(C#N)c1ccccc1)c1ccccc1. The molecule has 2 nitrogen and oxygen atoms in total. The zero-order valence-electron chi connectivity index (χ0n) is 11.5. The molecule has 2 aromatic carbocycles. The van der Waals surface area contributed by atoms with Gasteiger partial charge in [-0.05, 0) is 17.5 Å². The van der Waals surface area contributed by atoms with Crippen molar-refractivity contribution in [3.8, 4) is 12.1 Å². The Balaban J connectivity index is 1.92. The van der Waals surface area contributed by atoms with Crippen molar-refractivity contribution in [2.75, 3.05) is 0 Å². The smallest absolute Gasteiger partial charge is 0.0994 e. The predicted octanol–water partition coefficient (Wildman–Crippen LogP) is 4.08. The first-order valence-corrected chi connectivity index (χ1v) is 6.94. The van der Waals surface area contributed by atoms with Crippen LogP contribution >= 0.6 is 0 Å². The highest BCUT2D eigenvalue weighted by Gasteiger charge is 2.55. The fraction of sp³-hybridized carbons (Fsp3) is 0.158. The number of benzene rings is 2. The average Bonchev–Trinajstić information content (AvgIpc) is 3.29. The van der Waals surface area contributed by atoms with Gasteiger partial charge in [-0.15, -0.1) is 0 Å².